The van der Waals surface area contributed by atoms with Crippen molar-refractivity contribution in [3.8, 4) is 5.75 Å². The van der Waals surface area contributed by atoms with Crippen molar-refractivity contribution in [3.63, 3.8) is 0 Å². The zero-order chi connectivity index (χ0) is 14.6. The van der Waals surface area contributed by atoms with Gasteiger partial charge in [-0.2, -0.15) is 0 Å². The minimum atomic E-state index is -4.67. The summed E-state index contributed by atoms with van der Waals surface area (Å²) in [6, 6.07) is 9.57. The van der Waals surface area contributed by atoms with Crippen LogP contribution in [0.15, 0.2) is 42.6 Å². The lowest BCUT2D eigenvalue weighted by atomic mass is 10.2. The summed E-state index contributed by atoms with van der Waals surface area (Å²) < 4.78 is 40.2. The van der Waals surface area contributed by atoms with Crippen molar-refractivity contribution in [3.05, 3.63) is 53.9 Å². The standard InChI is InChI=1S/C14H13F3N2O/c1-10-5-6-12(9-18-10)19-8-11-3-2-4-13(7-11)20-14(15,16)17/h2-7,9,19H,8H2,1H3. The van der Waals surface area contributed by atoms with E-state index in [-0.39, 0.29) is 5.75 Å². The summed E-state index contributed by atoms with van der Waals surface area (Å²) in [4.78, 5) is 4.12. The van der Waals surface area contributed by atoms with Crippen LogP contribution in [0.3, 0.4) is 0 Å². The lowest BCUT2D eigenvalue weighted by molar-refractivity contribution is -0.274. The summed E-state index contributed by atoms with van der Waals surface area (Å²) in [6.45, 7) is 2.27. The lowest BCUT2D eigenvalue weighted by Gasteiger charge is -2.11. The Morgan fingerprint density at radius 1 is 1.20 bits per heavy atom. The summed E-state index contributed by atoms with van der Waals surface area (Å²) in [6.07, 6.45) is -3.00. The first-order chi connectivity index (χ1) is 9.42. The average Bonchev–Trinajstić information content (AvgIpc) is 2.36. The third kappa shape index (κ3) is 4.46. The zero-order valence-electron chi connectivity index (χ0n) is 10.7. The number of pyridine rings is 1. The number of ether oxygens (including phenoxy) is 1. The van der Waals surface area contributed by atoms with Crippen LogP contribution in [-0.2, 0) is 6.54 Å². The topological polar surface area (TPSA) is 34.1 Å². The molecule has 1 N–H and O–H groups in total. The number of nitrogens with zero attached hydrogens (tertiary/aromatic N) is 1. The molecule has 6 heteroatoms. The Balaban J connectivity index is 1.99. The Hall–Kier alpha value is -2.24. The molecule has 106 valence electrons. The molecule has 0 bridgehead atoms. The van der Waals surface area contributed by atoms with E-state index in [1.165, 1.54) is 18.2 Å². The van der Waals surface area contributed by atoms with Gasteiger partial charge in [0.15, 0.2) is 0 Å². The van der Waals surface area contributed by atoms with Crippen molar-refractivity contribution < 1.29 is 17.9 Å². The Kier molecular flexibility index (Phi) is 4.12. The molecule has 0 fully saturated rings. The molecule has 0 aliphatic carbocycles. The summed E-state index contributed by atoms with van der Waals surface area (Å²) in [7, 11) is 0. The summed E-state index contributed by atoms with van der Waals surface area (Å²) in [5, 5.41) is 3.08. The van der Waals surface area contributed by atoms with E-state index in [2.05, 4.69) is 15.0 Å². The number of hydrogen-bond donors (Lipinski definition) is 1. The zero-order valence-corrected chi connectivity index (χ0v) is 10.7. The molecule has 0 spiro atoms. The molecule has 3 nitrogen and oxygen atoms in total. The maximum Gasteiger partial charge on any atom is 0.573 e. The fourth-order valence-electron chi connectivity index (χ4n) is 1.63. The molecule has 0 aliphatic rings. The third-order valence-corrected chi connectivity index (χ3v) is 2.54. The van der Waals surface area contributed by atoms with Crippen molar-refractivity contribution in [2.24, 2.45) is 0 Å². The van der Waals surface area contributed by atoms with Gasteiger partial charge in [-0.05, 0) is 36.8 Å². The molecule has 0 amide bonds. The minimum Gasteiger partial charge on any atom is -0.406 e. The summed E-state index contributed by atoms with van der Waals surface area (Å²) >= 11 is 0. The molecular weight excluding hydrogens is 269 g/mol. The highest BCUT2D eigenvalue weighted by Gasteiger charge is 2.31. The number of benzene rings is 1. The van der Waals surface area contributed by atoms with Crippen LogP contribution in [0.25, 0.3) is 0 Å². The fourth-order valence-corrected chi connectivity index (χ4v) is 1.63. The molecular formula is C14H13F3N2O. The van der Waals surface area contributed by atoms with Gasteiger partial charge in [0.05, 0.1) is 11.9 Å². The molecule has 1 aromatic heterocycles. The number of anilines is 1. The number of aryl methyl sites for hydroxylation is 1. The van der Waals surface area contributed by atoms with Crippen molar-refractivity contribution in [1.82, 2.24) is 4.98 Å². The molecule has 0 atom stereocenters. The first kappa shape index (κ1) is 14.2. The molecule has 0 radical (unpaired) electrons. The molecule has 1 aromatic carbocycles. The molecule has 0 saturated heterocycles. The Morgan fingerprint density at radius 2 is 2.00 bits per heavy atom. The smallest absolute Gasteiger partial charge is 0.406 e. The maximum absolute atomic E-state index is 12.1. The Bertz CT molecular complexity index is 567. The van der Waals surface area contributed by atoms with E-state index < -0.39 is 6.36 Å². The van der Waals surface area contributed by atoms with E-state index in [1.807, 2.05) is 19.1 Å². The predicted octanol–water partition coefficient (Wildman–Crippen LogP) is 3.90. The quantitative estimate of drug-likeness (QED) is 0.923. The average molecular weight is 282 g/mol. The van der Waals surface area contributed by atoms with E-state index in [0.29, 0.717) is 12.1 Å². The Morgan fingerprint density at radius 3 is 2.65 bits per heavy atom. The number of alkyl halides is 3. The highest BCUT2D eigenvalue weighted by Crippen LogP contribution is 2.23. The van der Waals surface area contributed by atoms with Gasteiger partial charge in [-0.3, -0.25) is 4.98 Å². The van der Waals surface area contributed by atoms with E-state index in [4.69, 9.17) is 0 Å². The van der Waals surface area contributed by atoms with Crippen LogP contribution in [-0.4, -0.2) is 11.3 Å². The van der Waals surface area contributed by atoms with Gasteiger partial charge in [0.1, 0.15) is 5.75 Å². The second-order valence-corrected chi connectivity index (χ2v) is 4.24. The summed E-state index contributed by atoms with van der Waals surface area (Å²) in [5.74, 6) is -0.223. The van der Waals surface area contributed by atoms with Crippen molar-refractivity contribution in [1.29, 1.82) is 0 Å². The van der Waals surface area contributed by atoms with Gasteiger partial charge < -0.3 is 10.1 Å². The van der Waals surface area contributed by atoms with Gasteiger partial charge in [-0.25, -0.2) is 0 Å². The van der Waals surface area contributed by atoms with E-state index in [0.717, 1.165) is 11.4 Å². The molecule has 2 rings (SSSR count). The van der Waals surface area contributed by atoms with Gasteiger partial charge in [0, 0.05) is 12.2 Å². The normalized spacial score (nSPS) is 11.2. The predicted molar refractivity (Wildman–Crippen MR) is 69.4 cm³/mol. The maximum atomic E-state index is 12.1. The van der Waals surface area contributed by atoms with E-state index in [9.17, 15) is 13.2 Å². The fraction of sp³-hybridized carbons (Fsp3) is 0.214. The number of halogens is 3. The van der Waals surface area contributed by atoms with Crippen LogP contribution in [0.5, 0.6) is 5.75 Å². The second kappa shape index (κ2) is 5.81. The molecule has 20 heavy (non-hydrogen) atoms. The lowest BCUT2D eigenvalue weighted by Crippen LogP contribution is -2.17. The SMILES string of the molecule is Cc1ccc(NCc2cccc(OC(F)(F)F)c2)cn1. The van der Waals surface area contributed by atoms with Gasteiger partial charge in [-0.15, -0.1) is 13.2 Å². The van der Waals surface area contributed by atoms with Crippen molar-refractivity contribution in [2.75, 3.05) is 5.32 Å². The van der Waals surface area contributed by atoms with Gasteiger partial charge in [0.25, 0.3) is 0 Å². The van der Waals surface area contributed by atoms with Gasteiger partial charge in [-0.1, -0.05) is 12.1 Å². The van der Waals surface area contributed by atoms with Crippen LogP contribution in [0.4, 0.5) is 18.9 Å². The molecule has 2 aromatic rings. The number of rotatable bonds is 4. The highest BCUT2D eigenvalue weighted by molar-refractivity contribution is 5.42. The Labute approximate surface area is 114 Å². The molecule has 0 unspecified atom stereocenters. The molecule has 0 saturated carbocycles. The first-order valence-electron chi connectivity index (χ1n) is 5.93. The van der Waals surface area contributed by atoms with Crippen molar-refractivity contribution >= 4 is 5.69 Å². The highest BCUT2D eigenvalue weighted by atomic mass is 19.4. The number of aromatic nitrogens is 1. The first-order valence-corrected chi connectivity index (χ1v) is 5.93. The number of nitrogens with one attached hydrogen (secondary N) is 1. The second-order valence-electron chi connectivity index (χ2n) is 4.24. The largest absolute Gasteiger partial charge is 0.573 e. The van der Waals surface area contributed by atoms with Gasteiger partial charge >= 0.3 is 6.36 Å². The van der Waals surface area contributed by atoms with Gasteiger partial charge in [0.2, 0.25) is 0 Å². The number of hydrogen-bond acceptors (Lipinski definition) is 3. The van der Waals surface area contributed by atoms with E-state index in [1.54, 1.807) is 12.3 Å². The third-order valence-electron chi connectivity index (χ3n) is 2.54. The van der Waals surface area contributed by atoms with Crippen LogP contribution < -0.4 is 10.1 Å². The van der Waals surface area contributed by atoms with Crippen molar-refractivity contribution in [2.45, 2.75) is 19.8 Å². The van der Waals surface area contributed by atoms with Crippen LogP contribution in [0.1, 0.15) is 11.3 Å². The molecule has 0 aliphatic heterocycles. The molecule has 1 heterocycles. The van der Waals surface area contributed by atoms with Crippen LogP contribution >= 0.6 is 0 Å². The summed E-state index contributed by atoms with van der Waals surface area (Å²) in [5.41, 5.74) is 2.39. The van der Waals surface area contributed by atoms with Crippen LogP contribution in [0.2, 0.25) is 0 Å². The monoisotopic (exact) mass is 282 g/mol. The minimum absolute atomic E-state index is 0.223. The van der Waals surface area contributed by atoms with E-state index >= 15 is 0 Å². The van der Waals surface area contributed by atoms with Crippen LogP contribution in [0, 0.1) is 6.92 Å².